The van der Waals surface area contributed by atoms with E-state index >= 15 is 0 Å². The number of carbonyl (C=O) groups is 2. The van der Waals surface area contributed by atoms with Crippen LogP contribution in [0.5, 0.6) is 5.75 Å². The van der Waals surface area contributed by atoms with E-state index in [0.29, 0.717) is 28.8 Å². The number of methoxy groups -OCH3 is 1. The van der Waals surface area contributed by atoms with Gasteiger partial charge in [0, 0.05) is 49.1 Å². The first-order valence-corrected chi connectivity index (χ1v) is 14.7. The van der Waals surface area contributed by atoms with Crippen molar-refractivity contribution in [2.45, 2.75) is 18.9 Å². The number of hydrogen-bond acceptors (Lipinski definition) is 6. The molecule has 0 spiro atoms. The summed E-state index contributed by atoms with van der Waals surface area (Å²) in [4.78, 5) is 34.8. The van der Waals surface area contributed by atoms with Gasteiger partial charge in [-0.3, -0.25) is 19.4 Å². The summed E-state index contributed by atoms with van der Waals surface area (Å²) in [5, 5.41) is 3.87. The van der Waals surface area contributed by atoms with Crippen LogP contribution in [0, 0.1) is 5.82 Å². The van der Waals surface area contributed by atoms with Crippen molar-refractivity contribution >= 4 is 57.8 Å². The van der Waals surface area contributed by atoms with Gasteiger partial charge < -0.3 is 19.9 Å². The maximum Gasteiger partial charge on any atom is 0.256 e. The number of amides is 2. The first-order chi connectivity index (χ1) is 20.3. The van der Waals surface area contributed by atoms with E-state index in [9.17, 15) is 14.0 Å². The lowest BCUT2D eigenvalue weighted by atomic mass is 10.1. The Balaban J connectivity index is 1.23. The molecule has 11 heteroatoms. The van der Waals surface area contributed by atoms with Gasteiger partial charge in [0.2, 0.25) is 5.91 Å². The third-order valence-electron chi connectivity index (χ3n) is 7.57. The maximum atomic E-state index is 13.7. The van der Waals surface area contributed by atoms with Gasteiger partial charge in [0.1, 0.15) is 17.6 Å². The number of benzene rings is 3. The molecule has 3 aromatic rings. The summed E-state index contributed by atoms with van der Waals surface area (Å²) >= 11 is 12.0. The lowest BCUT2D eigenvalue weighted by molar-refractivity contribution is -0.124. The highest BCUT2D eigenvalue weighted by atomic mass is 35.5. The molecule has 2 aliphatic rings. The van der Waals surface area contributed by atoms with Crippen molar-refractivity contribution in [1.82, 2.24) is 9.80 Å². The lowest BCUT2D eigenvalue weighted by Crippen LogP contribution is -2.47. The highest BCUT2D eigenvalue weighted by Crippen LogP contribution is 2.29. The predicted octanol–water partition coefficient (Wildman–Crippen LogP) is 5.03. The zero-order valence-corrected chi connectivity index (χ0v) is 24.9. The van der Waals surface area contributed by atoms with Gasteiger partial charge in [-0.2, -0.15) is 0 Å². The zero-order chi connectivity index (χ0) is 29.6. The van der Waals surface area contributed by atoms with Crippen molar-refractivity contribution < 1.29 is 18.7 Å². The molecular weight excluding hydrogens is 577 g/mol. The van der Waals surface area contributed by atoms with E-state index in [1.54, 1.807) is 31.4 Å². The van der Waals surface area contributed by atoms with Crippen LogP contribution in [0.3, 0.4) is 0 Å². The number of hydrogen-bond donors (Lipinski definition) is 1. The third-order valence-corrected chi connectivity index (χ3v) is 8.23. The van der Waals surface area contributed by atoms with Gasteiger partial charge in [0.25, 0.3) is 5.91 Å². The number of anilines is 3. The maximum absolute atomic E-state index is 13.7. The number of piperazine rings is 1. The Labute approximate surface area is 255 Å². The average Bonchev–Trinajstić information content (AvgIpc) is 3.22. The Morgan fingerprint density at radius 3 is 2.38 bits per heavy atom. The number of thiocarbonyl (C=S) groups is 1. The van der Waals surface area contributed by atoms with Crippen molar-refractivity contribution in [1.29, 1.82) is 0 Å². The summed E-state index contributed by atoms with van der Waals surface area (Å²) in [6.45, 7) is 5.00. The van der Waals surface area contributed by atoms with Crippen LogP contribution in [0.4, 0.5) is 21.5 Å². The molecule has 5 rings (SSSR count). The Bertz CT molecular complexity index is 1420. The molecule has 0 bridgehead atoms. The van der Waals surface area contributed by atoms with Crippen LogP contribution in [0.2, 0.25) is 5.02 Å². The number of nitrogens with zero attached hydrogens (tertiary/aromatic N) is 4. The van der Waals surface area contributed by atoms with Crippen molar-refractivity contribution in [3.05, 3.63) is 83.6 Å². The standard InChI is InChI=1S/C31H33ClFN5O3S/c1-41-27-12-10-25(11-13-27)38-30(40)28(21-29(39)34-24-8-6-23(33)7-9-24)37(31(38)42)15-3-14-35-16-18-36(19-17-35)26-5-2-4-22(32)20-26/h2,4-13,20,28H,3,14-19,21H2,1H3,(H,34,39)/t28-/m0/s1. The van der Waals surface area contributed by atoms with E-state index in [1.807, 2.05) is 23.1 Å². The molecule has 3 aromatic carbocycles. The van der Waals surface area contributed by atoms with Gasteiger partial charge in [-0.15, -0.1) is 0 Å². The first kappa shape index (κ1) is 29.8. The lowest BCUT2D eigenvalue weighted by Gasteiger charge is -2.36. The van der Waals surface area contributed by atoms with E-state index in [2.05, 4.69) is 21.2 Å². The second-order valence-corrected chi connectivity index (χ2v) is 11.1. The third kappa shape index (κ3) is 7.00. The molecule has 220 valence electrons. The second-order valence-electron chi connectivity index (χ2n) is 10.3. The molecule has 0 aliphatic carbocycles. The molecule has 0 saturated carbocycles. The molecule has 2 fully saturated rings. The van der Waals surface area contributed by atoms with Crippen LogP contribution in [0.1, 0.15) is 12.8 Å². The van der Waals surface area contributed by atoms with Crippen LogP contribution in [0.15, 0.2) is 72.8 Å². The van der Waals surface area contributed by atoms with E-state index < -0.39 is 11.9 Å². The molecule has 2 heterocycles. The topological polar surface area (TPSA) is 68.4 Å². The largest absolute Gasteiger partial charge is 0.497 e. The smallest absolute Gasteiger partial charge is 0.256 e. The number of nitrogens with one attached hydrogen (secondary N) is 1. The molecule has 2 saturated heterocycles. The fraction of sp³-hybridized carbons (Fsp3) is 0.323. The summed E-state index contributed by atoms with van der Waals surface area (Å²) in [7, 11) is 1.58. The zero-order valence-electron chi connectivity index (χ0n) is 23.3. The summed E-state index contributed by atoms with van der Waals surface area (Å²) in [6, 6.07) is 19.8. The minimum absolute atomic E-state index is 0.0820. The van der Waals surface area contributed by atoms with Gasteiger partial charge in [-0.1, -0.05) is 17.7 Å². The van der Waals surface area contributed by atoms with Crippen LogP contribution in [-0.4, -0.2) is 79.1 Å². The van der Waals surface area contributed by atoms with Crippen LogP contribution in [0.25, 0.3) is 0 Å². The molecule has 0 unspecified atom stereocenters. The SMILES string of the molecule is COc1ccc(N2C(=O)[C@H](CC(=O)Nc3ccc(F)cc3)N(CCCN3CCN(c4cccc(Cl)c4)CC3)C2=S)cc1. The van der Waals surface area contributed by atoms with E-state index in [4.69, 9.17) is 28.6 Å². The average molecular weight is 610 g/mol. The van der Waals surface area contributed by atoms with E-state index in [-0.39, 0.29) is 18.2 Å². The molecule has 0 aromatic heterocycles. The van der Waals surface area contributed by atoms with Crippen molar-refractivity contribution in [2.24, 2.45) is 0 Å². The van der Waals surface area contributed by atoms with Gasteiger partial charge >= 0.3 is 0 Å². The summed E-state index contributed by atoms with van der Waals surface area (Å²) in [6.07, 6.45) is 0.693. The molecule has 8 nitrogen and oxygen atoms in total. The van der Waals surface area contributed by atoms with E-state index in [1.165, 1.54) is 29.2 Å². The van der Waals surface area contributed by atoms with Crippen LogP contribution < -0.4 is 19.9 Å². The summed E-state index contributed by atoms with van der Waals surface area (Å²) < 4.78 is 18.6. The Hall–Kier alpha value is -3.73. The Morgan fingerprint density at radius 1 is 1.00 bits per heavy atom. The highest BCUT2D eigenvalue weighted by molar-refractivity contribution is 7.80. The quantitative estimate of drug-likeness (QED) is 0.323. The van der Waals surface area contributed by atoms with Crippen molar-refractivity contribution in [2.75, 3.05) is 61.5 Å². The van der Waals surface area contributed by atoms with Crippen LogP contribution in [-0.2, 0) is 9.59 Å². The van der Waals surface area contributed by atoms with Crippen molar-refractivity contribution in [3.63, 3.8) is 0 Å². The fourth-order valence-corrected chi connectivity index (χ4v) is 5.94. The van der Waals surface area contributed by atoms with Gasteiger partial charge in [-0.05, 0) is 91.9 Å². The second kappa shape index (κ2) is 13.5. The predicted molar refractivity (Wildman–Crippen MR) is 168 cm³/mol. The molecule has 2 amide bonds. The number of ether oxygens (including phenoxy) is 1. The highest BCUT2D eigenvalue weighted by Gasteiger charge is 2.44. The van der Waals surface area contributed by atoms with Gasteiger partial charge in [-0.25, -0.2) is 4.39 Å². The van der Waals surface area contributed by atoms with Crippen LogP contribution >= 0.6 is 23.8 Å². The normalized spacial score (nSPS) is 17.6. The summed E-state index contributed by atoms with van der Waals surface area (Å²) in [5.74, 6) is -0.327. The molecule has 1 atom stereocenters. The Kier molecular flexibility index (Phi) is 9.56. The first-order valence-electron chi connectivity index (χ1n) is 13.9. The Morgan fingerprint density at radius 2 is 1.71 bits per heavy atom. The number of carbonyl (C=O) groups excluding carboxylic acids is 2. The summed E-state index contributed by atoms with van der Waals surface area (Å²) in [5.41, 5.74) is 2.21. The molecule has 1 N–H and O–H groups in total. The molecule has 42 heavy (non-hydrogen) atoms. The van der Waals surface area contributed by atoms with Crippen molar-refractivity contribution in [3.8, 4) is 5.75 Å². The molecule has 2 aliphatic heterocycles. The number of rotatable bonds is 10. The van der Waals surface area contributed by atoms with Gasteiger partial charge in [0.15, 0.2) is 5.11 Å². The number of halogens is 2. The van der Waals surface area contributed by atoms with E-state index in [0.717, 1.165) is 49.9 Å². The minimum Gasteiger partial charge on any atom is -0.497 e. The molecule has 0 radical (unpaired) electrons. The minimum atomic E-state index is -0.750. The van der Waals surface area contributed by atoms with Gasteiger partial charge in [0.05, 0.1) is 19.2 Å². The monoisotopic (exact) mass is 609 g/mol. The fourth-order valence-electron chi connectivity index (χ4n) is 5.34. The molecular formula is C31H33ClFN5O3S.